The molecule has 0 aliphatic heterocycles. The van der Waals surface area contributed by atoms with E-state index in [2.05, 4.69) is 23.7 Å². The maximum absolute atomic E-state index is 12.5. The van der Waals surface area contributed by atoms with Crippen molar-refractivity contribution in [2.24, 2.45) is 0 Å². The molecule has 2 unspecified atom stereocenters. The maximum atomic E-state index is 12.5. The summed E-state index contributed by atoms with van der Waals surface area (Å²) in [5, 5.41) is 13.3. The van der Waals surface area contributed by atoms with E-state index in [-0.39, 0.29) is 5.91 Å². The van der Waals surface area contributed by atoms with E-state index in [1.807, 2.05) is 6.08 Å². The second kappa shape index (κ2) is 30.3. The molecule has 0 aliphatic carbocycles. The fourth-order valence-corrected chi connectivity index (χ4v) is 5.64. The lowest BCUT2D eigenvalue weighted by Crippen LogP contribution is -2.45. The minimum absolute atomic E-state index is 0.227. The Kier molecular flexibility index (Phi) is 29.8. The van der Waals surface area contributed by atoms with Crippen molar-refractivity contribution < 1.29 is 28.8 Å². The molecule has 250 valence electrons. The highest BCUT2D eigenvalue weighted by atomic mass is 31.2. The molecule has 1 amide bonds. The second-order valence-corrected chi connectivity index (χ2v) is 13.4. The number of phosphoric ester groups is 1. The van der Waals surface area contributed by atoms with Crippen molar-refractivity contribution in [2.45, 2.75) is 193 Å². The number of nitrogens with one attached hydrogen (secondary N) is 1. The first-order chi connectivity index (χ1) is 20.3. The molecule has 0 heterocycles. The zero-order valence-electron chi connectivity index (χ0n) is 27.4. The van der Waals surface area contributed by atoms with Gasteiger partial charge < -0.3 is 20.2 Å². The molecule has 2 atom stereocenters. The third kappa shape index (κ3) is 30.7. The first kappa shape index (κ1) is 41.3. The van der Waals surface area contributed by atoms with E-state index in [0.717, 1.165) is 38.5 Å². The third-order valence-corrected chi connectivity index (χ3v) is 8.48. The number of amides is 1. The monoisotopic (exact) mass is 617 g/mol. The van der Waals surface area contributed by atoms with Gasteiger partial charge in [0.1, 0.15) is 0 Å². The lowest BCUT2D eigenvalue weighted by atomic mass is 10.0. The number of hydrogen-bond donors (Lipinski definition) is 4. The summed E-state index contributed by atoms with van der Waals surface area (Å²) in [5.41, 5.74) is 0. The Morgan fingerprint density at radius 2 is 1.05 bits per heavy atom. The zero-order valence-corrected chi connectivity index (χ0v) is 28.3. The summed E-state index contributed by atoms with van der Waals surface area (Å²) >= 11 is 0. The molecule has 0 fully saturated rings. The first-order valence-corrected chi connectivity index (χ1v) is 19.2. The number of aliphatic hydroxyl groups excluding tert-OH is 1. The number of rotatable bonds is 32. The van der Waals surface area contributed by atoms with Crippen LogP contribution in [0.2, 0.25) is 0 Å². The van der Waals surface area contributed by atoms with Crippen LogP contribution >= 0.6 is 7.82 Å². The van der Waals surface area contributed by atoms with Gasteiger partial charge in [0.15, 0.2) is 0 Å². The number of carbonyl (C=O) groups is 1. The van der Waals surface area contributed by atoms with Crippen molar-refractivity contribution in [2.75, 3.05) is 6.61 Å². The van der Waals surface area contributed by atoms with Crippen molar-refractivity contribution in [3.63, 3.8) is 0 Å². The number of phosphoric acid groups is 1. The smallest absolute Gasteiger partial charge is 0.387 e. The Bertz CT molecular complexity index is 668. The standard InChI is InChI=1S/C34H68NO6P/c1-3-5-7-9-11-13-15-17-19-21-23-25-27-29-33(36)32(31-41-42(38,39)40)35-34(37)30-28-26-24-22-20-18-16-14-12-10-8-6-4-2/h27,29,32-33,36H,3-26,28,30-31H2,1-2H3,(H,35,37)(H2,38,39,40)/b29-27+. The molecule has 0 radical (unpaired) electrons. The molecule has 0 spiro atoms. The molecule has 0 rings (SSSR count). The Hall–Kier alpha value is -0.720. The van der Waals surface area contributed by atoms with Crippen LogP contribution in [-0.4, -0.2) is 39.6 Å². The van der Waals surface area contributed by atoms with Gasteiger partial charge in [-0.15, -0.1) is 0 Å². The van der Waals surface area contributed by atoms with Gasteiger partial charge in [0.05, 0.1) is 18.8 Å². The minimum atomic E-state index is -4.70. The van der Waals surface area contributed by atoms with Gasteiger partial charge in [-0.2, -0.15) is 0 Å². The summed E-state index contributed by atoms with van der Waals surface area (Å²) in [6.07, 6.45) is 33.6. The summed E-state index contributed by atoms with van der Waals surface area (Å²) in [6, 6.07) is -0.902. The topological polar surface area (TPSA) is 116 Å². The molecule has 0 aliphatic rings. The minimum Gasteiger partial charge on any atom is -0.387 e. The van der Waals surface area contributed by atoms with Crippen LogP contribution in [0.5, 0.6) is 0 Å². The lowest BCUT2D eigenvalue weighted by molar-refractivity contribution is -0.123. The summed E-state index contributed by atoms with van der Waals surface area (Å²) in [6.45, 7) is 4.05. The normalized spacial score (nSPS) is 13.5. The molecule has 7 nitrogen and oxygen atoms in total. The second-order valence-electron chi connectivity index (χ2n) is 12.2. The Labute approximate surface area is 259 Å². The highest BCUT2D eigenvalue weighted by molar-refractivity contribution is 7.46. The quantitative estimate of drug-likeness (QED) is 0.0339. The van der Waals surface area contributed by atoms with E-state index in [1.165, 1.54) is 122 Å². The van der Waals surface area contributed by atoms with E-state index in [0.29, 0.717) is 6.42 Å². The van der Waals surface area contributed by atoms with E-state index in [1.54, 1.807) is 6.08 Å². The number of carbonyl (C=O) groups excluding carboxylic acids is 1. The van der Waals surface area contributed by atoms with Gasteiger partial charge in [-0.1, -0.05) is 167 Å². The largest absolute Gasteiger partial charge is 0.469 e. The number of hydrogen-bond acceptors (Lipinski definition) is 4. The van der Waals surface area contributed by atoms with Gasteiger partial charge in [-0.05, 0) is 19.3 Å². The molecule has 0 saturated heterocycles. The molecule has 0 bridgehead atoms. The summed E-state index contributed by atoms with van der Waals surface area (Å²) in [5.74, 6) is -0.227. The number of allylic oxidation sites excluding steroid dienone is 1. The van der Waals surface area contributed by atoms with Crippen LogP contribution in [0.4, 0.5) is 0 Å². The Morgan fingerprint density at radius 1 is 0.667 bits per heavy atom. The van der Waals surface area contributed by atoms with Crippen LogP contribution in [0.1, 0.15) is 181 Å². The van der Waals surface area contributed by atoms with Gasteiger partial charge in [0.25, 0.3) is 0 Å². The number of unbranched alkanes of at least 4 members (excludes halogenated alkanes) is 23. The molecule has 0 aromatic rings. The van der Waals surface area contributed by atoms with Crippen LogP contribution < -0.4 is 5.32 Å². The predicted molar refractivity (Wildman–Crippen MR) is 176 cm³/mol. The van der Waals surface area contributed by atoms with Crippen LogP contribution in [-0.2, 0) is 13.9 Å². The summed E-state index contributed by atoms with van der Waals surface area (Å²) < 4.78 is 15.8. The third-order valence-electron chi connectivity index (χ3n) is 8.00. The average molecular weight is 618 g/mol. The van der Waals surface area contributed by atoms with Crippen LogP contribution in [0.25, 0.3) is 0 Å². The van der Waals surface area contributed by atoms with Gasteiger partial charge in [-0.25, -0.2) is 4.57 Å². The molecule has 42 heavy (non-hydrogen) atoms. The molecular formula is C34H68NO6P. The van der Waals surface area contributed by atoms with Gasteiger partial charge in [-0.3, -0.25) is 9.32 Å². The fraction of sp³-hybridized carbons (Fsp3) is 0.912. The van der Waals surface area contributed by atoms with Crippen LogP contribution in [0.15, 0.2) is 12.2 Å². The van der Waals surface area contributed by atoms with Crippen molar-refractivity contribution in [3.8, 4) is 0 Å². The van der Waals surface area contributed by atoms with Gasteiger partial charge in [0.2, 0.25) is 5.91 Å². The molecule has 0 saturated carbocycles. The predicted octanol–water partition coefficient (Wildman–Crippen LogP) is 9.68. The van der Waals surface area contributed by atoms with E-state index in [9.17, 15) is 14.5 Å². The highest BCUT2D eigenvalue weighted by Gasteiger charge is 2.24. The van der Waals surface area contributed by atoms with Crippen molar-refractivity contribution in [3.05, 3.63) is 12.2 Å². The van der Waals surface area contributed by atoms with Crippen LogP contribution in [0, 0.1) is 0 Å². The number of aliphatic hydroxyl groups is 1. The first-order valence-electron chi connectivity index (χ1n) is 17.6. The summed E-state index contributed by atoms with van der Waals surface area (Å²) in [4.78, 5) is 30.7. The van der Waals surface area contributed by atoms with E-state index in [4.69, 9.17) is 9.79 Å². The molecule has 4 N–H and O–H groups in total. The van der Waals surface area contributed by atoms with Crippen molar-refractivity contribution in [1.29, 1.82) is 0 Å². The molecule has 0 aromatic carbocycles. The Balaban J connectivity index is 4.07. The van der Waals surface area contributed by atoms with Crippen LogP contribution in [0.3, 0.4) is 0 Å². The molecule has 0 aromatic heterocycles. The maximum Gasteiger partial charge on any atom is 0.469 e. The fourth-order valence-electron chi connectivity index (χ4n) is 5.28. The SMILES string of the molecule is CCCCCCCCCCCCC/C=C/C(O)C(COP(=O)(O)O)NC(=O)CCCCCCCCCCCCCCC. The van der Waals surface area contributed by atoms with E-state index < -0.39 is 26.6 Å². The average Bonchev–Trinajstić information content (AvgIpc) is 2.95. The van der Waals surface area contributed by atoms with Crippen molar-refractivity contribution >= 4 is 13.7 Å². The van der Waals surface area contributed by atoms with Gasteiger partial charge in [0, 0.05) is 6.42 Å². The molecule has 8 heteroatoms. The lowest BCUT2D eigenvalue weighted by Gasteiger charge is -2.22. The molecular weight excluding hydrogens is 549 g/mol. The van der Waals surface area contributed by atoms with Gasteiger partial charge >= 0.3 is 7.82 Å². The van der Waals surface area contributed by atoms with E-state index >= 15 is 0 Å². The van der Waals surface area contributed by atoms with Crippen molar-refractivity contribution in [1.82, 2.24) is 5.32 Å². The highest BCUT2D eigenvalue weighted by Crippen LogP contribution is 2.35. The zero-order chi connectivity index (χ0) is 31.2. The summed E-state index contributed by atoms with van der Waals surface area (Å²) in [7, 11) is -4.70. The Morgan fingerprint density at radius 3 is 1.45 bits per heavy atom.